The molecule has 6 heteroatoms. The normalized spacial score (nSPS) is 23.0. The second-order valence-electron chi connectivity index (χ2n) is 6.83. The molecule has 1 saturated heterocycles. The third kappa shape index (κ3) is 3.02. The van der Waals surface area contributed by atoms with Crippen LogP contribution in [0.2, 0.25) is 0 Å². The molecule has 28 heavy (non-hydrogen) atoms. The van der Waals surface area contributed by atoms with E-state index >= 15 is 0 Å². The first-order chi connectivity index (χ1) is 13.5. The van der Waals surface area contributed by atoms with Crippen LogP contribution in [0, 0.1) is 6.92 Å². The molecule has 0 saturated carbocycles. The molecule has 0 N–H and O–H groups in total. The first kappa shape index (κ1) is 19.1. The minimum Gasteiger partial charge on any atom is -0.355 e. The van der Waals surface area contributed by atoms with Crippen LogP contribution in [-0.2, 0) is 20.3 Å². The first-order valence-corrected chi connectivity index (χ1v) is 11.3. The fraction of sp³-hybridized carbons (Fsp3) is 0.182. The Labute approximate surface area is 169 Å². The molecule has 3 aromatic rings. The predicted molar refractivity (Wildman–Crippen MR) is 112 cm³/mol. The Morgan fingerprint density at radius 1 is 1.14 bits per heavy atom. The van der Waals surface area contributed by atoms with E-state index < -0.39 is 21.8 Å². The SMILES string of the molecule is C=C[C@@]1(c2ccsc2)CO[C@H](c2ccccc2)N1S(=O)(=O)c1ccc(C)cc1. The number of sulfonamides is 1. The smallest absolute Gasteiger partial charge is 0.246 e. The molecule has 0 spiro atoms. The van der Waals surface area contributed by atoms with Gasteiger partial charge in [0.2, 0.25) is 10.0 Å². The molecule has 2 atom stereocenters. The molecule has 0 bridgehead atoms. The molecule has 0 amide bonds. The molecule has 4 nitrogen and oxygen atoms in total. The highest BCUT2D eigenvalue weighted by molar-refractivity contribution is 7.89. The summed E-state index contributed by atoms with van der Waals surface area (Å²) in [5, 5.41) is 3.89. The number of rotatable bonds is 5. The number of thiophene rings is 1. The Hall–Kier alpha value is -2.25. The van der Waals surface area contributed by atoms with E-state index in [1.54, 1.807) is 18.2 Å². The van der Waals surface area contributed by atoms with E-state index in [0.29, 0.717) is 0 Å². The molecule has 0 radical (unpaired) electrons. The molecular formula is C22H21NO3S2. The largest absolute Gasteiger partial charge is 0.355 e. The van der Waals surface area contributed by atoms with Crippen LogP contribution >= 0.6 is 11.3 Å². The van der Waals surface area contributed by atoms with Crippen molar-refractivity contribution in [3.8, 4) is 0 Å². The maximum atomic E-state index is 13.8. The Bertz CT molecular complexity index is 1060. The van der Waals surface area contributed by atoms with Crippen LogP contribution in [-0.4, -0.2) is 19.3 Å². The highest BCUT2D eigenvalue weighted by atomic mass is 32.2. The minimum absolute atomic E-state index is 0.206. The van der Waals surface area contributed by atoms with Crippen LogP contribution in [0.3, 0.4) is 0 Å². The van der Waals surface area contributed by atoms with Gasteiger partial charge in [-0.1, -0.05) is 54.1 Å². The van der Waals surface area contributed by atoms with Gasteiger partial charge in [-0.15, -0.1) is 10.9 Å². The maximum Gasteiger partial charge on any atom is 0.246 e. The minimum atomic E-state index is -3.86. The summed E-state index contributed by atoms with van der Waals surface area (Å²) in [6.45, 7) is 6.13. The van der Waals surface area contributed by atoms with Crippen LogP contribution in [0.25, 0.3) is 0 Å². The third-order valence-electron chi connectivity index (χ3n) is 5.09. The lowest BCUT2D eigenvalue weighted by atomic mass is 9.94. The van der Waals surface area contributed by atoms with Gasteiger partial charge in [0, 0.05) is 0 Å². The van der Waals surface area contributed by atoms with Crippen molar-refractivity contribution in [3.05, 3.63) is 101 Å². The van der Waals surface area contributed by atoms with Crippen LogP contribution in [0.4, 0.5) is 0 Å². The molecule has 1 fully saturated rings. The Morgan fingerprint density at radius 3 is 2.46 bits per heavy atom. The van der Waals surface area contributed by atoms with Gasteiger partial charge in [-0.25, -0.2) is 8.42 Å². The molecule has 144 valence electrons. The summed E-state index contributed by atoms with van der Waals surface area (Å²) in [6, 6.07) is 18.3. The van der Waals surface area contributed by atoms with Crippen molar-refractivity contribution in [2.45, 2.75) is 23.6 Å². The summed E-state index contributed by atoms with van der Waals surface area (Å²) >= 11 is 1.52. The molecule has 1 aromatic heterocycles. The first-order valence-electron chi connectivity index (χ1n) is 8.93. The van der Waals surface area contributed by atoms with Crippen molar-refractivity contribution in [1.82, 2.24) is 4.31 Å². The Balaban J connectivity index is 1.92. The highest BCUT2D eigenvalue weighted by Crippen LogP contribution is 2.48. The number of benzene rings is 2. The highest BCUT2D eigenvalue weighted by Gasteiger charge is 2.54. The maximum absolute atomic E-state index is 13.8. The van der Waals surface area contributed by atoms with Crippen molar-refractivity contribution >= 4 is 21.4 Å². The van der Waals surface area contributed by atoms with Crippen LogP contribution < -0.4 is 0 Å². The van der Waals surface area contributed by atoms with Crippen molar-refractivity contribution < 1.29 is 13.2 Å². The van der Waals surface area contributed by atoms with Gasteiger partial charge in [0.05, 0.1) is 11.5 Å². The van der Waals surface area contributed by atoms with E-state index in [0.717, 1.165) is 16.7 Å². The molecule has 4 rings (SSSR count). The standard InChI is InChI=1S/C22H21NO3S2/c1-3-22(19-13-14-27-15-19)16-26-21(18-7-5-4-6-8-18)23(22)28(24,25)20-11-9-17(2)10-12-20/h3-15,21H,1,16H2,2H3/t21-,22+/m1/s1. The topological polar surface area (TPSA) is 46.6 Å². The van der Waals surface area contributed by atoms with E-state index in [9.17, 15) is 8.42 Å². The fourth-order valence-corrected chi connectivity index (χ4v) is 6.08. The molecule has 2 heterocycles. The van der Waals surface area contributed by atoms with E-state index in [1.807, 2.05) is 66.2 Å². The van der Waals surface area contributed by atoms with E-state index in [1.165, 1.54) is 15.6 Å². The Morgan fingerprint density at radius 2 is 1.86 bits per heavy atom. The quantitative estimate of drug-likeness (QED) is 0.564. The lowest BCUT2D eigenvalue weighted by Crippen LogP contribution is -2.45. The molecule has 1 aliphatic rings. The van der Waals surface area contributed by atoms with Gasteiger partial charge in [0.25, 0.3) is 0 Å². The molecular weight excluding hydrogens is 390 g/mol. The molecule has 2 aromatic carbocycles. The summed E-state index contributed by atoms with van der Waals surface area (Å²) in [6.07, 6.45) is 0.953. The number of ether oxygens (including phenoxy) is 1. The van der Waals surface area contributed by atoms with Crippen LogP contribution in [0.15, 0.2) is 89.0 Å². The molecule has 1 aliphatic heterocycles. The number of nitrogens with zero attached hydrogens (tertiary/aromatic N) is 1. The van der Waals surface area contributed by atoms with Gasteiger partial charge in [-0.3, -0.25) is 0 Å². The summed E-state index contributed by atoms with van der Waals surface area (Å²) in [7, 11) is -3.86. The Kier molecular flexibility index (Phi) is 4.97. The van der Waals surface area contributed by atoms with Gasteiger partial charge in [-0.2, -0.15) is 11.3 Å². The summed E-state index contributed by atoms with van der Waals surface area (Å²) < 4.78 is 35.2. The summed E-state index contributed by atoms with van der Waals surface area (Å²) in [4.78, 5) is 0.242. The number of hydrogen-bond acceptors (Lipinski definition) is 4. The molecule has 0 unspecified atom stereocenters. The zero-order valence-corrected chi connectivity index (χ0v) is 17.1. The van der Waals surface area contributed by atoms with Crippen molar-refractivity contribution in [1.29, 1.82) is 0 Å². The average molecular weight is 412 g/mol. The van der Waals surface area contributed by atoms with Crippen LogP contribution in [0.5, 0.6) is 0 Å². The van der Waals surface area contributed by atoms with Crippen LogP contribution in [0.1, 0.15) is 22.9 Å². The predicted octanol–water partition coefficient (Wildman–Crippen LogP) is 4.86. The van der Waals surface area contributed by atoms with E-state index in [4.69, 9.17) is 4.74 Å². The van der Waals surface area contributed by atoms with Crippen molar-refractivity contribution in [2.75, 3.05) is 6.61 Å². The third-order valence-corrected chi connectivity index (χ3v) is 7.68. The lowest BCUT2D eigenvalue weighted by molar-refractivity contribution is 0.0678. The zero-order chi connectivity index (χ0) is 19.8. The molecule has 0 aliphatic carbocycles. The van der Waals surface area contributed by atoms with Gasteiger partial charge in [-0.05, 0) is 47.0 Å². The van der Waals surface area contributed by atoms with Gasteiger partial charge < -0.3 is 4.74 Å². The summed E-state index contributed by atoms with van der Waals surface area (Å²) in [5.74, 6) is 0. The summed E-state index contributed by atoms with van der Waals surface area (Å²) in [5.41, 5.74) is 1.69. The number of aryl methyl sites for hydroxylation is 1. The fourth-order valence-electron chi connectivity index (χ4n) is 3.55. The van der Waals surface area contributed by atoms with Gasteiger partial charge >= 0.3 is 0 Å². The van der Waals surface area contributed by atoms with E-state index in [-0.39, 0.29) is 11.5 Å². The second kappa shape index (κ2) is 7.29. The zero-order valence-electron chi connectivity index (χ0n) is 15.5. The van der Waals surface area contributed by atoms with Gasteiger partial charge in [0.1, 0.15) is 5.54 Å². The number of hydrogen-bond donors (Lipinski definition) is 0. The van der Waals surface area contributed by atoms with Gasteiger partial charge in [0.15, 0.2) is 6.23 Å². The van der Waals surface area contributed by atoms with Crippen molar-refractivity contribution in [3.63, 3.8) is 0 Å². The lowest BCUT2D eigenvalue weighted by Gasteiger charge is -2.35. The monoisotopic (exact) mass is 411 g/mol. The second-order valence-corrected chi connectivity index (χ2v) is 9.42. The van der Waals surface area contributed by atoms with E-state index in [2.05, 4.69) is 6.58 Å². The average Bonchev–Trinajstić information content (AvgIpc) is 3.38. The van der Waals surface area contributed by atoms with Crippen molar-refractivity contribution in [2.24, 2.45) is 0 Å².